The molecule has 1 aromatic heterocycles. The molecule has 2 aromatic rings. The summed E-state index contributed by atoms with van der Waals surface area (Å²) >= 11 is 0. The van der Waals surface area contributed by atoms with Crippen LogP contribution < -0.4 is 15.4 Å². The van der Waals surface area contributed by atoms with Gasteiger partial charge in [-0.15, -0.1) is 0 Å². The van der Waals surface area contributed by atoms with Gasteiger partial charge < -0.3 is 19.9 Å². The number of imidazole rings is 1. The number of guanidine groups is 1. The number of aromatic nitrogens is 2. The van der Waals surface area contributed by atoms with Crippen LogP contribution in [0.1, 0.15) is 58.0 Å². The minimum Gasteiger partial charge on any atom is -0.490 e. The van der Waals surface area contributed by atoms with Gasteiger partial charge in [-0.2, -0.15) is 0 Å². The lowest BCUT2D eigenvalue weighted by Crippen LogP contribution is -2.38. The molecule has 164 valence electrons. The van der Waals surface area contributed by atoms with Gasteiger partial charge in [-0.05, 0) is 56.2 Å². The standard InChI is InChI=1S/C23H34FN5O/c1-5-25-23(27-13-22-26-10-11-29(22)14-16(2)3)28-17(4)19-8-9-21(20(24)12-19)30-15-18-6-7-18/h8-12,16-18H,5-7,13-15H2,1-4H3,(H2,25,27,28). The third-order valence-electron chi connectivity index (χ3n) is 5.07. The Morgan fingerprint density at radius 3 is 2.80 bits per heavy atom. The van der Waals surface area contributed by atoms with Gasteiger partial charge in [-0.3, -0.25) is 0 Å². The maximum atomic E-state index is 14.4. The van der Waals surface area contributed by atoms with Crippen molar-refractivity contribution >= 4 is 5.96 Å². The molecule has 1 unspecified atom stereocenters. The number of hydrogen-bond donors (Lipinski definition) is 2. The molecule has 7 heteroatoms. The largest absolute Gasteiger partial charge is 0.490 e. The molecule has 0 amide bonds. The van der Waals surface area contributed by atoms with Crippen LogP contribution in [0.3, 0.4) is 0 Å². The number of benzene rings is 1. The van der Waals surface area contributed by atoms with Crippen molar-refractivity contribution < 1.29 is 9.13 Å². The lowest BCUT2D eigenvalue weighted by Gasteiger charge is -2.19. The van der Waals surface area contributed by atoms with E-state index in [4.69, 9.17) is 4.74 Å². The number of nitrogens with one attached hydrogen (secondary N) is 2. The Balaban J connectivity index is 1.63. The highest BCUT2D eigenvalue weighted by atomic mass is 19.1. The van der Waals surface area contributed by atoms with Crippen LogP contribution >= 0.6 is 0 Å². The highest BCUT2D eigenvalue weighted by Crippen LogP contribution is 2.30. The van der Waals surface area contributed by atoms with Crippen LogP contribution in [0.25, 0.3) is 0 Å². The molecule has 2 N–H and O–H groups in total. The molecular weight excluding hydrogens is 381 g/mol. The summed E-state index contributed by atoms with van der Waals surface area (Å²) in [4.78, 5) is 9.11. The molecule has 1 fully saturated rings. The van der Waals surface area contributed by atoms with Crippen molar-refractivity contribution in [1.82, 2.24) is 20.2 Å². The van der Waals surface area contributed by atoms with E-state index in [-0.39, 0.29) is 11.9 Å². The minimum absolute atomic E-state index is 0.106. The number of ether oxygens (including phenoxy) is 1. The summed E-state index contributed by atoms with van der Waals surface area (Å²) in [6, 6.07) is 5.06. The number of halogens is 1. The summed E-state index contributed by atoms with van der Waals surface area (Å²) < 4.78 is 22.2. The van der Waals surface area contributed by atoms with Crippen LogP contribution in [-0.2, 0) is 13.1 Å². The highest BCUT2D eigenvalue weighted by molar-refractivity contribution is 5.80. The van der Waals surface area contributed by atoms with Crippen LogP contribution in [0.4, 0.5) is 4.39 Å². The second-order valence-electron chi connectivity index (χ2n) is 8.40. The van der Waals surface area contributed by atoms with E-state index in [0.29, 0.717) is 36.7 Å². The van der Waals surface area contributed by atoms with Crippen molar-refractivity contribution in [2.45, 2.75) is 59.7 Å². The number of hydrogen-bond acceptors (Lipinski definition) is 3. The fourth-order valence-electron chi connectivity index (χ4n) is 3.21. The Morgan fingerprint density at radius 1 is 1.33 bits per heavy atom. The quantitative estimate of drug-likeness (QED) is 0.449. The van der Waals surface area contributed by atoms with Crippen LogP contribution in [0.5, 0.6) is 5.75 Å². The molecule has 3 rings (SSSR count). The number of rotatable bonds is 10. The highest BCUT2D eigenvalue weighted by Gasteiger charge is 2.22. The van der Waals surface area contributed by atoms with Crippen LogP contribution in [0.15, 0.2) is 35.6 Å². The summed E-state index contributed by atoms with van der Waals surface area (Å²) in [5.41, 5.74) is 0.846. The zero-order chi connectivity index (χ0) is 21.5. The van der Waals surface area contributed by atoms with Gasteiger partial charge in [0, 0.05) is 25.5 Å². The fourth-order valence-corrected chi connectivity index (χ4v) is 3.21. The van der Waals surface area contributed by atoms with E-state index in [1.54, 1.807) is 12.1 Å². The van der Waals surface area contributed by atoms with E-state index in [1.165, 1.54) is 12.8 Å². The topological polar surface area (TPSA) is 63.5 Å². The number of aliphatic imine (C=N–C) groups is 1. The average molecular weight is 416 g/mol. The maximum absolute atomic E-state index is 14.4. The fraction of sp³-hybridized carbons (Fsp3) is 0.565. The SMILES string of the molecule is CCNC(=NCc1nccn1CC(C)C)NC(C)c1ccc(OCC2CC2)c(F)c1. The minimum atomic E-state index is -0.320. The molecule has 0 spiro atoms. The second-order valence-corrected chi connectivity index (χ2v) is 8.40. The molecule has 1 heterocycles. The summed E-state index contributed by atoms with van der Waals surface area (Å²) in [6.45, 7) is 11.1. The van der Waals surface area contributed by atoms with Gasteiger partial charge in [0.15, 0.2) is 17.5 Å². The summed E-state index contributed by atoms with van der Waals surface area (Å²) in [5.74, 6) is 2.75. The molecule has 1 aliphatic carbocycles. The monoisotopic (exact) mass is 415 g/mol. The lowest BCUT2D eigenvalue weighted by molar-refractivity contribution is 0.285. The smallest absolute Gasteiger partial charge is 0.192 e. The van der Waals surface area contributed by atoms with Crippen molar-refractivity contribution in [3.05, 3.63) is 47.8 Å². The first-order valence-corrected chi connectivity index (χ1v) is 10.9. The van der Waals surface area contributed by atoms with E-state index in [0.717, 1.165) is 24.5 Å². The van der Waals surface area contributed by atoms with Gasteiger partial charge in [0.25, 0.3) is 0 Å². The Morgan fingerprint density at radius 2 is 2.13 bits per heavy atom. The molecule has 0 saturated heterocycles. The van der Waals surface area contributed by atoms with E-state index < -0.39 is 0 Å². The van der Waals surface area contributed by atoms with Crippen LogP contribution in [0.2, 0.25) is 0 Å². The molecule has 0 aliphatic heterocycles. The van der Waals surface area contributed by atoms with Crippen LogP contribution in [-0.4, -0.2) is 28.7 Å². The van der Waals surface area contributed by atoms with E-state index >= 15 is 0 Å². The molecule has 1 atom stereocenters. The first kappa shape index (κ1) is 22.1. The van der Waals surface area contributed by atoms with Crippen molar-refractivity contribution in [3.63, 3.8) is 0 Å². The maximum Gasteiger partial charge on any atom is 0.192 e. The van der Waals surface area contributed by atoms with E-state index in [9.17, 15) is 4.39 Å². The van der Waals surface area contributed by atoms with Crippen LogP contribution in [0, 0.1) is 17.7 Å². The van der Waals surface area contributed by atoms with Crippen molar-refractivity contribution in [2.24, 2.45) is 16.8 Å². The molecule has 6 nitrogen and oxygen atoms in total. The first-order chi connectivity index (χ1) is 14.5. The van der Waals surface area contributed by atoms with E-state index in [1.807, 2.05) is 32.3 Å². The van der Waals surface area contributed by atoms with Gasteiger partial charge in [0.1, 0.15) is 12.4 Å². The Hall–Kier alpha value is -2.57. The predicted octanol–water partition coefficient (Wildman–Crippen LogP) is 4.28. The van der Waals surface area contributed by atoms with Crippen molar-refractivity contribution in [3.8, 4) is 5.75 Å². The van der Waals surface area contributed by atoms with E-state index in [2.05, 4.69) is 39.0 Å². The normalized spacial score (nSPS) is 15.3. The van der Waals surface area contributed by atoms with Crippen molar-refractivity contribution in [2.75, 3.05) is 13.2 Å². The van der Waals surface area contributed by atoms with Gasteiger partial charge >= 0.3 is 0 Å². The Labute approximate surface area is 179 Å². The van der Waals surface area contributed by atoms with Gasteiger partial charge in [-0.1, -0.05) is 19.9 Å². The summed E-state index contributed by atoms with van der Waals surface area (Å²) in [6.07, 6.45) is 6.17. The zero-order valence-corrected chi connectivity index (χ0v) is 18.5. The zero-order valence-electron chi connectivity index (χ0n) is 18.5. The molecule has 30 heavy (non-hydrogen) atoms. The van der Waals surface area contributed by atoms with Crippen molar-refractivity contribution in [1.29, 1.82) is 0 Å². The Bertz CT molecular complexity index is 844. The average Bonchev–Trinajstić information content (AvgIpc) is 3.43. The van der Waals surface area contributed by atoms with Gasteiger partial charge in [-0.25, -0.2) is 14.4 Å². The molecular formula is C23H34FN5O. The van der Waals surface area contributed by atoms with Gasteiger partial charge in [0.05, 0.1) is 12.6 Å². The third-order valence-corrected chi connectivity index (χ3v) is 5.07. The second kappa shape index (κ2) is 10.5. The molecule has 1 aromatic carbocycles. The first-order valence-electron chi connectivity index (χ1n) is 10.9. The summed E-state index contributed by atoms with van der Waals surface area (Å²) in [5, 5.41) is 6.61. The number of nitrogens with zero attached hydrogens (tertiary/aromatic N) is 3. The molecule has 0 bridgehead atoms. The summed E-state index contributed by atoms with van der Waals surface area (Å²) in [7, 11) is 0. The third kappa shape index (κ3) is 6.47. The lowest BCUT2D eigenvalue weighted by atomic mass is 10.1. The Kier molecular flexibility index (Phi) is 7.71. The molecule has 1 aliphatic rings. The van der Waals surface area contributed by atoms with Gasteiger partial charge in [0.2, 0.25) is 0 Å². The predicted molar refractivity (Wildman–Crippen MR) is 118 cm³/mol. The molecule has 1 saturated carbocycles. The molecule has 0 radical (unpaired) electrons.